The molecule has 2 aliphatic rings. The number of rotatable bonds is 5. The second-order valence-electron chi connectivity index (χ2n) is 22.0. The van der Waals surface area contributed by atoms with Gasteiger partial charge in [-0.3, -0.25) is 0 Å². The summed E-state index contributed by atoms with van der Waals surface area (Å²) in [6, 6.07) is 78.6. The van der Waals surface area contributed by atoms with E-state index in [-0.39, 0.29) is 10.8 Å². The molecule has 2 aromatic heterocycles. The number of fused-ring (bicyclic) bond motifs is 16. The minimum atomic E-state index is -0.537. The van der Waals surface area contributed by atoms with Crippen LogP contribution in [0.1, 0.15) is 74.9 Å². The number of anilines is 3. The molecule has 14 rings (SSSR count). The second kappa shape index (κ2) is 15.3. The molecule has 72 heavy (non-hydrogen) atoms. The first-order valence-electron chi connectivity index (χ1n) is 25.3. The molecule has 0 unspecified atom stereocenters. The normalized spacial score (nSPS) is 13.5. The predicted octanol–water partition coefficient (Wildman–Crippen LogP) is 19.2. The third-order valence-electron chi connectivity index (χ3n) is 15.8. The molecule has 0 N–H and O–H groups in total. The van der Waals surface area contributed by atoms with Crippen molar-refractivity contribution < 1.29 is 8.83 Å². The van der Waals surface area contributed by atoms with E-state index in [2.05, 4.69) is 247 Å². The zero-order valence-corrected chi connectivity index (χ0v) is 41.5. The largest absolute Gasteiger partial charge is 0.455 e. The molecule has 0 radical (unpaired) electrons. The van der Waals surface area contributed by atoms with E-state index in [0.717, 1.165) is 83.2 Å². The van der Waals surface area contributed by atoms with Gasteiger partial charge >= 0.3 is 0 Å². The summed E-state index contributed by atoms with van der Waals surface area (Å²) in [5, 5.41) is 4.51. The summed E-state index contributed by atoms with van der Waals surface area (Å²) in [5.74, 6) is 0. The zero-order valence-electron chi connectivity index (χ0n) is 41.5. The molecule has 0 aliphatic heterocycles. The zero-order chi connectivity index (χ0) is 48.7. The van der Waals surface area contributed by atoms with Gasteiger partial charge in [-0.25, -0.2) is 0 Å². The molecule has 1 spiro atoms. The van der Waals surface area contributed by atoms with Gasteiger partial charge in [-0.1, -0.05) is 211 Å². The van der Waals surface area contributed by atoms with E-state index in [1.807, 2.05) is 12.1 Å². The summed E-state index contributed by atoms with van der Waals surface area (Å²) in [7, 11) is 0. The highest BCUT2D eigenvalue weighted by molar-refractivity contribution is 6.11. The van der Waals surface area contributed by atoms with Crippen LogP contribution in [-0.2, 0) is 16.2 Å². The highest BCUT2D eigenvalue weighted by atomic mass is 16.3. The Morgan fingerprint density at radius 2 is 0.792 bits per heavy atom. The van der Waals surface area contributed by atoms with E-state index in [0.29, 0.717) is 0 Å². The average molecular weight is 928 g/mol. The molecule has 0 saturated carbocycles. The van der Waals surface area contributed by atoms with Gasteiger partial charge in [0.25, 0.3) is 0 Å². The number of furan rings is 2. The number of hydrogen-bond donors (Lipinski definition) is 0. The monoisotopic (exact) mass is 927 g/mol. The molecule has 0 fully saturated rings. The lowest BCUT2D eigenvalue weighted by atomic mass is 9.68. The van der Waals surface area contributed by atoms with Crippen LogP contribution < -0.4 is 4.90 Å². The van der Waals surface area contributed by atoms with Crippen molar-refractivity contribution in [2.24, 2.45) is 0 Å². The fraction of sp³-hybridized carbons (Fsp3) is 0.130. The lowest BCUT2D eigenvalue weighted by Gasteiger charge is -2.34. The Bertz CT molecular complexity index is 3970. The lowest BCUT2D eigenvalue weighted by Crippen LogP contribution is -2.27. The Morgan fingerprint density at radius 3 is 1.31 bits per heavy atom. The van der Waals surface area contributed by atoms with Crippen molar-refractivity contribution in [2.75, 3.05) is 4.90 Å². The average Bonchev–Trinajstić information content (AvgIpc) is 4.14. The van der Waals surface area contributed by atoms with Crippen LogP contribution in [0, 0.1) is 0 Å². The van der Waals surface area contributed by atoms with Crippen LogP contribution in [0.3, 0.4) is 0 Å². The van der Waals surface area contributed by atoms with Gasteiger partial charge < -0.3 is 13.7 Å². The minimum absolute atomic E-state index is 0.0586. The van der Waals surface area contributed by atoms with Gasteiger partial charge in [0.15, 0.2) is 0 Å². The molecule has 2 heterocycles. The summed E-state index contributed by atoms with van der Waals surface area (Å²) in [6.07, 6.45) is 0. The Morgan fingerprint density at radius 1 is 0.347 bits per heavy atom. The van der Waals surface area contributed by atoms with Crippen LogP contribution in [0.15, 0.2) is 221 Å². The highest BCUT2D eigenvalue weighted by Gasteiger charge is 2.53. The fourth-order valence-corrected chi connectivity index (χ4v) is 12.3. The molecule has 10 aromatic carbocycles. The first-order valence-corrected chi connectivity index (χ1v) is 25.3. The Hall–Kier alpha value is -8.40. The molecule has 2 aliphatic carbocycles. The standard InChI is InChI=1S/C69H53NO2/c1-67(2,3)44-33-38-56-59(39-44)69(57-25-11-7-17-50(57)51-18-8-12-26-58(51)69)60-40-45(68(4,5)6)41-61(64(56)60)70(46-34-29-42(30-35-46)48-21-15-23-54-52-19-9-13-27-62(52)71-65(48)54)47-36-31-43(32-37-47)49-22-16-24-55-53-20-10-14-28-63(53)72-66(49)55/h7-41H,1-6H3. The molecule has 3 nitrogen and oxygen atoms in total. The van der Waals surface area contributed by atoms with Crippen LogP contribution in [0.25, 0.3) is 88.4 Å². The molecule has 346 valence electrons. The number of nitrogens with zero attached hydrogens (tertiary/aromatic N) is 1. The molecule has 3 heteroatoms. The van der Waals surface area contributed by atoms with Crippen molar-refractivity contribution >= 4 is 60.9 Å². The Labute approximate surface area is 420 Å². The molecule has 0 saturated heterocycles. The summed E-state index contributed by atoms with van der Waals surface area (Å²) in [6.45, 7) is 14.1. The maximum absolute atomic E-state index is 6.58. The van der Waals surface area contributed by atoms with Crippen molar-refractivity contribution in [1.29, 1.82) is 0 Å². The van der Waals surface area contributed by atoms with Crippen LogP contribution in [0.4, 0.5) is 17.1 Å². The van der Waals surface area contributed by atoms with Crippen LogP contribution in [0.2, 0.25) is 0 Å². The van der Waals surface area contributed by atoms with Gasteiger partial charge in [-0.2, -0.15) is 0 Å². The lowest BCUT2D eigenvalue weighted by molar-refractivity contribution is 0.586. The highest BCUT2D eigenvalue weighted by Crippen LogP contribution is 2.65. The first-order chi connectivity index (χ1) is 35.0. The van der Waals surface area contributed by atoms with Gasteiger partial charge in [0.2, 0.25) is 0 Å². The summed E-state index contributed by atoms with van der Waals surface area (Å²) >= 11 is 0. The predicted molar refractivity (Wildman–Crippen MR) is 300 cm³/mol. The van der Waals surface area contributed by atoms with Crippen LogP contribution >= 0.6 is 0 Å². The first kappa shape index (κ1) is 42.5. The molecule has 0 atom stereocenters. The van der Waals surface area contributed by atoms with Crippen molar-refractivity contribution in [1.82, 2.24) is 0 Å². The fourth-order valence-electron chi connectivity index (χ4n) is 12.3. The molecular formula is C69H53NO2. The SMILES string of the molecule is CC(C)(C)c1ccc2c(c1)C1(c3ccccc3-c3ccccc31)c1cc(C(C)(C)C)cc(N(c3ccc(-c4cccc5c4oc4ccccc45)cc3)c3ccc(-c4cccc5c4oc4ccccc45)cc3)c1-2. The summed E-state index contributed by atoms with van der Waals surface area (Å²) < 4.78 is 13.2. The Balaban J connectivity index is 1.03. The maximum Gasteiger partial charge on any atom is 0.143 e. The third kappa shape index (κ3) is 6.10. The minimum Gasteiger partial charge on any atom is -0.455 e. The third-order valence-corrected chi connectivity index (χ3v) is 15.8. The molecule has 12 aromatic rings. The van der Waals surface area contributed by atoms with E-state index in [4.69, 9.17) is 8.83 Å². The van der Waals surface area contributed by atoms with Crippen LogP contribution in [0.5, 0.6) is 0 Å². The van der Waals surface area contributed by atoms with E-state index < -0.39 is 5.41 Å². The number of para-hydroxylation sites is 4. The van der Waals surface area contributed by atoms with E-state index in [1.165, 1.54) is 55.6 Å². The van der Waals surface area contributed by atoms with E-state index in [9.17, 15) is 0 Å². The van der Waals surface area contributed by atoms with E-state index in [1.54, 1.807) is 0 Å². The topological polar surface area (TPSA) is 29.5 Å². The molecule has 0 bridgehead atoms. The number of benzene rings is 10. The van der Waals surface area contributed by atoms with E-state index >= 15 is 0 Å². The van der Waals surface area contributed by atoms with Crippen LogP contribution in [-0.4, -0.2) is 0 Å². The van der Waals surface area contributed by atoms with Crippen molar-refractivity contribution in [3.05, 3.63) is 246 Å². The van der Waals surface area contributed by atoms with Gasteiger partial charge in [-0.15, -0.1) is 0 Å². The maximum atomic E-state index is 6.58. The Kier molecular flexibility index (Phi) is 9.03. The van der Waals surface area contributed by atoms with Crippen molar-refractivity contribution in [3.8, 4) is 44.5 Å². The van der Waals surface area contributed by atoms with Gasteiger partial charge in [0, 0.05) is 49.6 Å². The number of hydrogen-bond acceptors (Lipinski definition) is 3. The smallest absolute Gasteiger partial charge is 0.143 e. The quantitative estimate of drug-likeness (QED) is 0.172. The second-order valence-corrected chi connectivity index (χ2v) is 22.0. The van der Waals surface area contributed by atoms with Gasteiger partial charge in [-0.05, 0) is 114 Å². The molecule has 0 amide bonds. The van der Waals surface area contributed by atoms with Gasteiger partial charge in [0.05, 0.1) is 11.1 Å². The van der Waals surface area contributed by atoms with Crippen molar-refractivity contribution in [2.45, 2.75) is 57.8 Å². The van der Waals surface area contributed by atoms with Gasteiger partial charge in [0.1, 0.15) is 22.3 Å². The summed E-state index contributed by atoms with van der Waals surface area (Å²) in [4.78, 5) is 2.51. The molecular weight excluding hydrogens is 875 g/mol. The van der Waals surface area contributed by atoms with Crippen molar-refractivity contribution in [3.63, 3.8) is 0 Å². The summed E-state index contributed by atoms with van der Waals surface area (Å²) in [5.41, 5.74) is 23.6.